The second-order valence-electron chi connectivity index (χ2n) is 5.33. The largest absolute Gasteiger partial charge is 0.388 e. The first kappa shape index (κ1) is 11.6. The van der Waals surface area contributed by atoms with Crippen LogP contribution in [0.5, 0.6) is 0 Å². The summed E-state index contributed by atoms with van der Waals surface area (Å²) in [7, 11) is 0. The first-order valence-corrected chi connectivity index (χ1v) is 6.13. The Balaban J connectivity index is 2.44. The molecule has 0 atom stereocenters. The molecular formula is C12H21N3O. The van der Waals surface area contributed by atoms with Crippen LogP contribution in [0.1, 0.15) is 64.1 Å². The quantitative estimate of drug-likeness (QED) is 0.854. The molecule has 1 aliphatic carbocycles. The van der Waals surface area contributed by atoms with Crippen molar-refractivity contribution in [3.05, 3.63) is 11.6 Å². The fourth-order valence-electron chi connectivity index (χ4n) is 2.76. The molecule has 0 amide bonds. The van der Waals surface area contributed by atoms with Gasteiger partial charge in [-0.05, 0) is 26.7 Å². The average Bonchev–Trinajstić information content (AvgIpc) is 2.83. The Morgan fingerprint density at radius 2 is 1.94 bits per heavy atom. The van der Waals surface area contributed by atoms with E-state index in [-0.39, 0.29) is 12.0 Å². The summed E-state index contributed by atoms with van der Waals surface area (Å²) in [6, 6.07) is 0.310. The minimum atomic E-state index is -0.0265. The molecule has 4 nitrogen and oxygen atoms in total. The third-order valence-electron chi connectivity index (χ3n) is 3.67. The highest BCUT2D eigenvalue weighted by atomic mass is 16.3. The number of rotatable bonds is 3. The summed E-state index contributed by atoms with van der Waals surface area (Å²) in [5, 5.41) is 17.7. The Bertz CT molecular complexity index is 364. The van der Waals surface area contributed by atoms with Crippen molar-refractivity contribution < 1.29 is 5.11 Å². The molecule has 0 bridgehead atoms. The van der Waals surface area contributed by atoms with Crippen LogP contribution in [-0.2, 0) is 12.0 Å². The van der Waals surface area contributed by atoms with Crippen molar-refractivity contribution in [3.63, 3.8) is 0 Å². The summed E-state index contributed by atoms with van der Waals surface area (Å²) >= 11 is 0. The third kappa shape index (κ3) is 1.75. The molecular weight excluding hydrogens is 202 g/mol. The maximum Gasteiger partial charge on any atom is 0.159 e. The van der Waals surface area contributed by atoms with E-state index in [0.29, 0.717) is 11.9 Å². The van der Waals surface area contributed by atoms with E-state index >= 15 is 0 Å². The molecule has 0 unspecified atom stereocenters. The van der Waals surface area contributed by atoms with Gasteiger partial charge in [0.1, 0.15) is 12.4 Å². The fourth-order valence-corrected chi connectivity index (χ4v) is 2.76. The van der Waals surface area contributed by atoms with Crippen molar-refractivity contribution in [2.75, 3.05) is 0 Å². The van der Waals surface area contributed by atoms with E-state index in [0.717, 1.165) is 5.82 Å². The highest BCUT2D eigenvalue weighted by Gasteiger charge is 2.36. The van der Waals surface area contributed by atoms with Gasteiger partial charge in [-0.3, -0.25) is 0 Å². The monoisotopic (exact) mass is 223 g/mol. The predicted octanol–water partition coefficient (Wildman–Crippen LogP) is 2.18. The number of hydrogen-bond donors (Lipinski definition) is 1. The van der Waals surface area contributed by atoms with Crippen molar-refractivity contribution in [3.8, 4) is 0 Å². The van der Waals surface area contributed by atoms with Crippen LogP contribution in [0.3, 0.4) is 0 Å². The van der Waals surface area contributed by atoms with Crippen LogP contribution in [0, 0.1) is 0 Å². The maximum absolute atomic E-state index is 9.28. The van der Waals surface area contributed by atoms with Gasteiger partial charge in [0.05, 0.1) is 0 Å². The third-order valence-corrected chi connectivity index (χ3v) is 3.67. The lowest BCUT2D eigenvalue weighted by Crippen LogP contribution is -2.24. The number of hydrogen-bond acceptors (Lipinski definition) is 3. The molecule has 2 rings (SSSR count). The molecule has 0 radical (unpaired) electrons. The van der Waals surface area contributed by atoms with Gasteiger partial charge in [-0.25, -0.2) is 0 Å². The van der Waals surface area contributed by atoms with E-state index in [9.17, 15) is 5.11 Å². The van der Waals surface area contributed by atoms with E-state index in [1.807, 2.05) is 0 Å². The topological polar surface area (TPSA) is 50.9 Å². The van der Waals surface area contributed by atoms with Crippen LogP contribution in [0.25, 0.3) is 0 Å². The summed E-state index contributed by atoms with van der Waals surface area (Å²) in [4.78, 5) is 0. The lowest BCUT2D eigenvalue weighted by atomic mass is 9.87. The van der Waals surface area contributed by atoms with Crippen molar-refractivity contribution in [2.45, 2.75) is 64.5 Å². The summed E-state index contributed by atoms with van der Waals surface area (Å²) in [5.74, 6) is 1.75. The van der Waals surface area contributed by atoms with Crippen LogP contribution in [0.4, 0.5) is 0 Å². The van der Waals surface area contributed by atoms with Gasteiger partial charge in [0.15, 0.2) is 5.82 Å². The first-order chi connectivity index (χ1) is 7.58. The van der Waals surface area contributed by atoms with E-state index in [2.05, 4.69) is 35.5 Å². The SMILES string of the molecule is CC(C)n1c(CO)nnc1C1(C)CCCC1. The van der Waals surface area contributed by atoms with Crippen LogP contribution in [0.15, 0.2) is 0 Å². The molecule has 1 aromatic rings. The van der Waals surface area contributed by atoms with E-state index in [4.69, 9.17) is 0 Å². The molecule has 16 heavy (non-hydrogen) atoms. The van der Waals surface area contributed by atoms with E-state index in [1.165, 1.54) is 25.7 Å². The van der Waals surface area contributed by atoms with Gasteiger partial charge in [0.2, 0.25) is 0 Å². The molecule has 1 N–H and O–H groups in total. The zero-order valence-corrected chi connectivity index (χ0v) is 10.4. The van der Waals surface area contributed by atoms with Crippen molar-refractivity contribution in [1.82, 2.24) is 14.8 Å². The van der Waals surface area contributed by atoms with Crippen LogP contribution < -0.4 is 0 Å². The molecule has 0 spiro atoms. The van der Waals surface area contributed by atoms with Crippen molar-refractivity contribution >= 4 is 0 Å². The Hall–Kier alpha value is -0.900. The number of aliphatic hydroxyl groups excluding tert-OH is 1. The van der Waals surface area contributed by atoms with Gasteiger partial charge in [0, 0.05) is 11.5 Å². The normalized spacial score (nSPS) is 19.6. The predicted molar refractivity (Wildman–Crippen MR) is 62.1 cm³/mol. The first-order valence-electron chi connectivity index (χ1n) is 6.13. The smallest absolute Gasteiger partial charge is 0.159 e. The number of aliphatic hydroxyl groups is 1. The number of nitrogens with zero attached hydrogens (tertiary/aromatic N) is 3. The van der Waals surface area contributed by atoms with E-state index in [1.54, 1.807) is 0 Å². The minimum absolute atomic E-state index is 0.0265. The maximum atomic E-state index is 9.28. The zero-order chi connectivity index (χ0) is 11.8. The second kappa shape index (κ2) is 4.17. The summed E-state index contributed by atoms with van der Waals surface area (Å²) in [5.41, 5.74) is 0.157. The standard InChI is InChI=1S/C12H21N3O/c1-9(2)15-10(8-16)13-14-11(15)12(3)6-4-5-7-12/h9,16H,4-8H2,1-3H3. The van der Waals surface area contributed by atoms with Gasteiger partial charge in [-0.1, -0.05) is 19.8 Å². The summed E-state index contributed by atoms with van der Waals surface area (Å²) in [6.45, 7) is 6.47. The Labute approximate surface area is 96.7 Å². The van der Waals surface area contributed by atoms with Crippen LogP contribution in [0.2, 0.25) is 0 Å². The van der Waals surface area contributed by atoms with Gasteiger partial charge < -0.3 is 9.67 Å². The van der Waals surface area contributed by atoms with Crippen molar-refractivity contribution in [1.29, 1.82) is 0 Å². The second-order valence-corrected chi connectivity index (χ2v) is 5.33. The lowest BCUT2D eigenvalue weighted by Gasteiger charge is -2.25. The molecule has 90 valence electrons. The van der Waals surface area contributed by atoms with Gasteiger partial charge in [-0.15, -0.1) is 10.2 Å². The molecule has 4 heteroatoms. The Kier molecular flexibility index (Phi) is 3.02. The lowest BCUT2D eigenvalue weighted by molar-refractivity contribution is 0.259. The summed E-state index contributed by atoms with van der Waals surface area (Å²) < 4.78 is 2.10. The molecule has 1 aromatic heterocycles. The average molecular weight is 223 g/mol. The highest BCUT2D eigenvalue weighted by molar-refractivity contribution is 5.12. The fraction of sp³-hybridized carbons (Fsp3) is 0.833. The molecule has 1 saturated carbocycles. The minimum Gasteiger partial charge on any atom is -0.388 e. The Morgan fingerprint density at radius 3 is 2.44 bits per heavy atom. The zero-order valence-electron chi connectivity index (χ0n) is 10.4. The van der Waals surface area contributed by atoms with Gasteiger partial charge >= 0.3 is 0 Å². The molecule has 1 heterocycles. The highest BCUT2D eigenvalue weighted by Crippen LogP contribution is 2.40. The van der Waals surface area contributed by atoms with Crippen LogP contribution >= 0.6 is 0 Å². The van der Waals surface area contributed by atoms with Crippen molar-refractivity contribution in [2.24, 2.45) is 0 Å². The van der Waals surface area contributed by atoms with Crippen LogP contribution in [-0.4, -0.2) is 19.9 Å². The van der Waals surface area contributed by atoms with E-state index < -0.39 is 0 Å². The van der Waals surface area contributed by atoms with Gasteiger partial charge in [-0.2, -0.15) is 0 Å². The van der Waals surface area contributed by atoms with Gasteiger partial charge in [0.25, 0.3) is 0 Å². The molecule has 1 fully saturated rings. The Morgan fingerprint density at radius 1 is 1.31 bits per heavy atom. The molecule has 0 aromatic carbocycles. The number of aromatic nitrogens is 3. The molecule has 1 aliphatic rings. The molecule has 0 saturated heterocycles. The summed E-state index contributed by atoms with van der Waals surface area (Å²) in [6.07, 6.45) is 4.92. The molecule has 0 aliphatic heterocycles.